The number of anilines is 1. The number of benzene rings is 2. The Morgan fingerprint density at radius 3 is 2.54 bits per heavy atom. The number of hydrogen-bond acceptors (Lipinski definition) is 4. The van der Waals surface area contributed by atoms with Gasteiger partial charge in [-0.25, -0.2) is 12.8 Å². The molecule has 140 valence electrons. The van der Waals surface area contributed by atoms with Crippen molar-refractivity contribution >= 4 is 21.6 Å². The molecule has 0 saturated carbocycles. The largest absolute Gasteiger partial charge is 0.495 e. The average Bonchev–Trinajstić information content (AvgIpc) is 2.59. The number of nitrogens with one attached hydrogen (secondary N) is 2. The Labute approximate surface area is 152 Å². The van der Waals surface area contributed by atoms with Crippen LogP contribution in [0.2, 0.25) is 0 Å². The Bertz CT molecular complexity index is 898. The van der Waals surface area contributed by atoms with E-state index < -0.39 is 21.7 Å². The standard InChI is InChI=1S/C18H21FN2O4S/c1-12(2)11-20-18(22)14-6-4-5-7-15(14)21-26(23,24)17-10-13(19)8-9-16(17)25-3/h4-10,12,21H,11H2,1-3H3,(H,20,22). The Morgan fingerprint density at radius 1 is 1.19 bits per heavy atom. The van der Waals surface area contributed by atoms with Gasteiger partial charge in [0.25, 0.3) is 15.9 Å². The van der Waals surface area contributed by atoms with Crippen molar-refractivity contribution in [3.63, 3.8) is 0 Å². The summed E-state index contributed by atoms with van der Waals surface area (Å²) in [7, 11) is -2.87. The van der Waals surface area contributed by atoms with Crippen LogP contribution in [0.1, 0.15) is 24.2 Å². The molecule has 0 saturated heterocycles. The molecular formula is C18H21FN2O4S. The van der Waals surface area contributed by atoms with Gasteiger partial charge in [-0.1, -0.05) is 26.0 Å². The topological polar surface area (TPSA) is 84.5 Å². The molecule has 2 rings (SSSR count). The molecule has 8 heteroatoms. The second kappa shape index (κ2) is 8.18. The van der Waals surface area contributed by atoms with E-state index in [9.17, 15) is 17.6 Å². The number of hydrogen-bond donors (Lipinski definition) is 2. The lowest BCUT2D eigenvalue weighted by Gasteiger charge is -2.15. The summed E-state index contributed by atoms with van der Waals surface area (Å²) in [5.74, 6) is -0.864. The van der Waals surface area contributed by atoms with Crippen LogP contribution in [-0.4, -0.2) is 28.0 Å². The van der Waals surface area contributed by atoms with E-state index in [1.165, 1.54) is 25.3 Å². The minimum atomic E-state index is -4.16. The van der Waals surface area contributed by atoms with Gasteiger partial charge in [-0.3, -0.25) is 9.52 Å². The summed E-state index contributed by atoms with van der Waals surface area (Å²) in [5, 5.41) is 2.74. The fourth-order valence-corrected chi connectivity index (χ4v) is 3.48. The van der Waals surface area contributed by atoms with Crippen molar-refractivity contribution in [1.29, 1.82) is 0 Å². The van der Waals surface area contributed by atoms with Gasteiger partial charge in [0.1, 0.15) is 16.5 Å². The molecule has 0 aliphatic heterocycles. The molecule has 0 atom stereocenters. The van der Waals surface area contributed by atoms with Gasteiger partial charge in [0.05, 0.1) is 18.4 Å². The maximum Gasteiger partial charge on any atom is 0.265 e. The molecule has 6 nitrogen and oxygen atoms in total. The number of para-hydroxylation sites is 1. The van der Waals surface area contributed by atoms with Crippen molar-refractivity contribution in [2.45, 2.75) is 18.7 Å². The Morgan fingerprint density at radius 2 is 1.88 bits per heavy atom. The normalized spacial score (nSPS) is 11.3. The molecular weight excluding hydrogens is 359 g/mol. The van der Waals surface area contributed by atoms with Gasteiger partial charge in [0.15, 0.2) is 0 Å². The average molecular weight is 380 g/mol. The number of sulfonamides is 1. The lowest BCUT2D eigenvalue weighted by atomic mass is 10.1. The number of ether oxygens (including phenoxy) is 1. The summed E-state index contributed by atoms with van der Waals surface area (Å²) < 4.78 is 46.2. The lowest BCUT2D eigenvalue weighted by Crippen LogP contribution is -2.28. The summed E-state index contributed by atoms with van der Waals surface area (Å²) >= 11 is 0. The van der Waals surface area contributed by atoms with E-state index in [0.717, 1.165) is 12.1 Å². The highest BCUT2D eigenvalue weighted by Gasteiger charge is 2.23. The van der Waals surface area contributed by atoms with Crippen LogP contribution in [0.5, 0.6) is 5.75 Å². The van der Waals surface area contributed by atoms with Crippen molar-refractivity contribution < 1.29 is 22.3 Å². The maximum absolute atomic E-state index is 13.5. The molecule has 0 heterocycles. The van der Waals surface area contributed by atoms with Crippen LogP contribution in [-0.2, 0) is 10.0 Å². The highest BCUT2D eigenvalue weighted by Crippen LogP contribution is 2.27. The smallest absolute Gasteiger partial charge is 0.265 e. The Kier molecular flexibility index (Phi) is 6.20. The zero-order valence-corrected chi connectivity index (χ0v) is 15.6. The quantitative estimate of drug-likeness (QED) is 0.773. The molecule has 26 heavy (non-hydrogen) atoms. The van der Waals surface area contributed by atoms with Crippen LogP contribution in [0.25, 0.3) is 0 Å². The molecule has 2 N–H and O–H groups in total. The molecule has 0 fully saturated rings. The minimum Gasteiger partial charge on any atom is -0.495 e. The van der Waals surface area contributed by atoms with Gasteiger partial charge in [-0.2, -0.15) is 0 Å². The predicted molar refractivity (Wildman–Crippen MR) is 97.4 cm³/mol. The van der Waals surface area contributed by atoms with Crippen LogP contribution in [0.3, 0.4) is 0 Å². The van der Waals surface area contributed by atoms with Gasteiger partial charge >= 0.3 is 0 Å². The first-order chi connectivity index (χ1) is 12.2. The maximum atomic E-state index is 13.5. The first kappa shape index (κ1) is 19.7. The molecule has 1 amide bonds. The van der Waals surface area contributed by atoms with Crippen LogP contribution in [0.4, 0.5) is 10.1 Å². The SMILES string of the molecule is COc1ccc(F)cc1S(=O)(=O)Nc1ccccc1C(=O)NCC(C)C. The molecule has 0 spiro atoms. The summed E-state index contributed by atoms with van der Waals surface area (Å²) in [6.07, 6.45) is 0. The van der Waals surface area contributed by atoms with Gasteiger partial charge in [0.2, 0.25) is 0 Å². The summed E-state index contributed by atoms with van der Waals surface area (Å²) in [6.45, 7) is 4.36. The number of amides is 1. The van der Waals surface area contributed by atoms with E-state index in [1.807, 2.05) is 13.8 Å². The van der Waals surface area contributed by atoms with E-state index in [4.69, 9.17) is 4.74 Å². The highest BCUT2D eigenvalue weighted by molar-refractivity contribution is 7.92. The zero-order valence-electron chi connectivity index (χ0n) is 14.7. The van der Waals surface area contributed by atoms with E-state index in [1.54, 1.807) is 12.1 Å². The van der Waals surface area contributed by atoms with Gasteiger partial charge in [-0.05, 0) is 36.2 Å². The molecule has 2 aromatic rings. The second-order valence-electron chi connectivity index (χ2n) is 6.05. The van der Waals surface area contributed by atoms with Crippen molar-refractivity contribution in [3.05, 3.63) is 53.8 Å². The molecule has 0 aliphatic rings. The third-order valence-electron chi connectivity index (χ3n) is 3.50. The molecule has 0 aromatic heterocycles. The monoisotopic (exact) mass is 380 g/mol. The number of methoxy groups -OCH3 is 1. The van der Waals surface area contributed by atoms with Crippen molar-refractivity contribution in [1.82, 2.24) is 5.32 Å². The molecule has 0 aliphatic carbocycles. The number of halogens is 1. The first-order valence-corrected chi connectivity index (χ1v) is 9.46. The van der Waals surface area contributed by atoms with E-state index in [2.05, 4.69) is 10.0 Å². The Balaban J connectivity index is 2.36. The molecule has 0 unspecified atom stereocenters. The minimum absolute atomic E-state index is 0.000593. The summed E-state index contributed by atoms with van der Waals surface area (Å²) in [4.78, 5) is 12.0. The molecule has 0 radical (unpaired) electrons. The highest BCUT2D eigenvalue weighted by atomic mass is 32.2. The zero-order chi connectivity index (χ0) is 19.3. The lowest BCUT2D eigenvalue weighted by molar-refractivity contribution is 0.0950. The third-order valence-corrected chi connectivity index (χ3v) is 4.89. The Hall–Kier alpha value is -2.61. The van der Waals surface area contributed by atoms with E-state index in [0.29, 0.717) is 6.54 Å². The fourth-order valence-electron chi connectivity index (χ4n) is 2.22. The third kappa shape index (κ3) is 4.72. The summed E-state index contributed by atoms with van der Waals surface area (Å²) in [5.41, 5.74) is 0.271. The number of carbonyl (C=O) groups excluding carboxylic acids is 1. The number of carbonyl (C=O) groups is 1. The van der Waals surface area contributed by atoms with Crippen LogP contribution < -0.4 is 14.8 Å². The van der Waals surface area contributed by atoms with Gasteiger partial charge < -0.3 is 10.1 Å². The van der Waals surface area contributed by atoms with Crippen molar-refractivity contribution in [2.75, 3.05) is 18.4 Å². The molecule has 2 aromatic carbocycles. The van der Waals surface area contributed by atoms with Crippen molar-refractivity contribution in [2.24, 2.45) is 5.92 Å². The van der Waals surface area contributed by atoms with Crippen LogP contribution in [0, 0.1) is 11.7 Å². The van der Waals surface area contributed by atoms with Crippen LogP contribution >= 0.6 is 0 Å². The number of rotatable bonds is 7. The van der Waals surface area contributed by atoms with E-state index in [-0.39, 0.29) is 27.8 Å². The second-order valence-corrected chi connectivity index (χ2v) is 7.70. The van der Waals surface area contributed by atoms with Gasteiger partial charge in [0, 0.05) is 6.54 Å². The van der Waals surface area contributed by atoms with Crippen LogP contribution in [0.15, 0.2) is 47.4 Å². The van der Waals surface area contributed by atoms with Crippen molar-refractivity contribution in [3.8, 4) is 5.75 Å². The fraction of sp³-hybridized carbons (Fsp3) is 0.278. The van der Waals surface area contributed by atoms with E-state index >= 15 is 0 Å². The molecule has 0 bridgehead atoms. The first-order valence-electron chi connectivity index (χ1n) is 7.98. The van der Waals surface area contributed by atoms with Gasteiger partial charge in [-0.15, -0.1) is 0 Å². The summed E-state index contributed by atoms with van der Waals surface area (Å²) in [6, 6.07) is 9.40. The predicted octanol–water partition coefficient (Wildman–Crippen LogP) is 3.02.